The SMILES string of the molecule is C=C1CN2CCC[C@@]2(COC2=CN(C)C3=c4c(cc(-c5cc(O)cc6ccccc56)c(Cl)c4=NCN3)O2)C1. The monoisotopic (exact) mass is 528 g/mol. The van der Waals surface area contributed by atoms with Gasteiger partial charge in [-0.05, 0) is 60.3 Å². The number of aromatic hydroxyl groups is 1. The van der Waals surface area contributed by atoms with Crippen molar-refractivity contribution in [1.82, 2.24) is 15.1 Å². The van der Waals surface area contributed by atoms with Crippen LogP contribution < -0.4 is 20.6 Å². The quantitative estimate of drug-likeness (QED) is 0.498. The number of halogens is 1. The summed E-state index contributed by atoms with van der Waals surface area (Å²) in [6.07, 6.45) is 5.09. The molecule has 0 unspecified atom stereocenters. The van der Waals surface area contributed by atoms with E-state index in [0.717, 1.165) is 58.9 Å². The number of hydrogen-bond acceptors (Lipinski definition) is 7. The summed E-state index contributed by atoms with van der Waals surface area (Å²) in [6, 6.07) is 13.4. The van der Waals surface area contributed by atoms with E-state index in [1.54, 1.807) is 12.1 Å². The van der Waals surface area contributed by atoms with Gasteiger partial charge in [0.1, 0.15) is 30.6 Å². The van der Waals surface area contributed by atoms with Gasteiger partial charge in [0.25, 0.3) is 0 Å². The fourth-order valence-corrected chi connectivity index (χ4v) is 6.76. The molecule has 3 aromatic carbocycles. The lowest BCUT2D eigenvalue weighted by Crippen LogP contribution is -2.43. The average molecular weight is 529 g/mol. The number of benzene rings is 3. The summed E-state index contributed by atoms with van der Waals surface area (Å²) in [5.74, 6) is 2.05. The second kappa shape index (κ2) is 8.68. The van der Waals surface area contributed by atoms with Crippen LogP contribution >= 0.6 is 11.6 Å². The number of phenols is 1. The first-order chi connectivity index (χ1) is 18.4. The van der Waals surface area contributed by atoms with E-state index in [1.165, 1.54) is 12.0 Å². The second-order valence-electron chi connectivity index (χ2n) is 10.6. The minimum Gasteiger partial charge on any atom is -0.508 e. The lowest BCUT2D eigenvalue weighted by molar-refractivity contribution is 0.0274. The van der Waals surface area contributed by atoms with Crippen LogP contribution in [0.25, 0.3) is 27.7 Å². The van der Waals surface area contributed by atoms with Crippen molar-refractivity contribution < 1.29 is 14.6 Å². The molecule has 7 rings (SSSR count). The summed E-state index contributed by atoms with van der Waals surface area (Å²) in [6.45, 7) is 7.20. The second-order valence-corrected chi connectivity index (χ2v) is 11.0. The lowest BCUT2D eigenvalue weighted by atomic mass is 9.94. The molecule has 38 heavy (non-hydrogen) atoms. The van der Waals surface area contributed by atoms with E-state index in [2.05, 4.69) is 16.8 Å². The Hall–Kier alpha value is -3.68. The summed E-state index contributed by atoms with van der Waals surface area (Å²) < 4.78 is 12.9. The summed E-state index contributed by atoms with van der Waals surface area (Å²) in [5, 5.41) is 17.8. The molecule has 0 bridgehead atoms. The smallest absolute Gasteiger partial charge is 0.301 e. The van der Waals surface area contributed by atoms with Gasteiger partial charge in [0.2, 0.25) is 0 Å². The molecule has 194 valence electrons. The number of rotatable bonds is 4. The van der Waals surface area contributed by atoms with Crippen LogP contribution in [-0.2, 0) is 4.74 Å². The van der Waals surface area contributed by atoms with Crippen molar-refractivity contribution in [3.63, 3.8) is 0 Å². The van der Waals surface area contributed by atoms with Gasteiger partial charge in [-0.25, -0.2) is 0 Å². The molecule has 8 heteroatoms. The highest BCUT2D eigenvalue weighted by Crippen LogP contribution is 2.42. The summed E-state index contributed by atoms with van der Waals surface area (Å²) in [7, 11) is 1.96. The van der Waals surface area contributed by atoms with E-state index < -0.39 is 0 Å². The van der Waals surface area contributed by atoms with Crippen molar-refractivity contribution in [3.8, 4) is 22.6 Å². The number of nitrogens with one attached hydrogen (secondary N) is 1. The minimum atomic E-state index is -0.0140. The third-order valence-corrected chi connectivity index (χ3v) is 8.52. The molecular formula is C30H29ClN4O3. The van der Waals surface area contributed by atoms with Crippen LogP contribution in [0.2, 0.25) is 5.02 Å². The predicted molar refractivity (Wildman–Crippen MR) is 148 cm³/mol. The maximum Gasteiger partial charge on any atom is 0.301 e. The Morgan fingerprint density at radius 2 is 2.11 bits per heavy atom. The zero-order valence-corrected chi connectivity index (χ0v) is 22.0. The molecule has 2 N–H and O–H groups in total. The molecule has 0 aromatic heterocycles. The molecule has 4 aliphatic heterocycles. The van der Waals surface area contributed by atoms with Gasteiger partial charge >= 0.3 is 5.95 Å². The van der Waals surface area contributed by atoms with Crippen LogP contribution in [-0.4, -0.2) is 53.9 Å². The zero-order valence-electron chi connectivity index (χ0n) is 21.3. The highest BCUT2D eigenvalue weighted by molar-refractivity contribution is 6.33. The summed E-state index contributed by atoms with van der Waals surface area (Å²) >= 11 is 7.04. The molecule has 7 nitrogen and oxygen atoms in total. The Balaban J connectivity index is 1.33. The summed E-state index contributed by atoms with van der Waals surface area (Å²) in [5.41, 5.74) is 2.81. The molecule has 0 radical (unpaired) electrons. The molecule has 0 amide bonds. The molecule has 2 saturated heterocycles. The number of hydrogen-bond donors (Lipinski definition) is 2. The highest BCUT2D eigenvalue weighted by Gasteiger charge is 2.46. The Bertz CT molecular complexity index is 1670. The first-order valence-electron chi connectivity index (χ1n) is 13.0. The third-order valence-electron chi connectivity index (χ3n) is 8.14. The highest BCUT2D eigenvalue weighted by atomic mass is 35.5. The topological polar surface area (TPSA) is 69.6 Å². The number of nitrogens with zero attached hydrogens (tertiary/aromatic N) is 3. The van der Waals surface area contributed by atoms with Gasteiger partial charge in [-0.15, -0.1) is 0 Å². The third kappa shape index (κ3) is 3.64. The van der Waals surface area contributed by atoms with Crippen LogP contribution in [0.1, 0.15) is 19.3 Å². The Morgan fingerprint density at radius 3 is 3.00 bits per heavy atom. The number of fused-ring (bicyclic) bond motifs is 2. The van der Waals surface area contributed by atoms with Crippen molar-refractivity contribution in [2.75, 3.05) is 33.4 Å². The van der Waals surface area contributed by atoms with E-state index in [4.69, 9.17) is 26.1 Å². The predicted octanol–water partition coefficient (Wildman–Crippen LogP) is 4.05. The van der Waals surface area contributed by atoms with Crippen LogP contribution in [0.5, 0.6) is 11.5 Å². The largest absolute Gasteiger partial charge is 0.508 e. The van der Waals surface area contributed by atoms with Crippen molar-refractivity contribution in [1.29, 1.82) is 0 Å². The van der Waals surface area contributed by atoms with E-state index in [0.29, 0.717) is 35.4 Å². The number of ether oxygens (including phenoxy) is 2. The molecule has 4 heterocycles. The fourth-order valence-electron chi connectivity index (χ4n) is 6.45. The molecule has 0 saturated carbocycles. The van der Waals surface area contributed by atoms with E-state index >= 15 is 0 Å². The minimum absolute atomic E-state index is 0.0140. The van der Waals surface area contributed by atoms with Crippen LogP contribution in [0.15, 0.2) is 71.8 Å². The van der Waals surface area contributed by atoms with Gasteiger partial charge in [-0.2, -0.15) is 0 Å². The first kappa shape index (κ1) is 23.4. The Labute approximate surface area is 225 Å². The van der Waals surface area contributed by atoms with E-state index in [-0.39, 0.29) is 11.3 Å². The lowest BCUT2D eigenvalue weighted by Gasteiger charge is -2.31. The van der Waals surface area contributed by atoms with Crippen LogP contribution in [0.3, 0.4) is 0 Å². The van der Waals surface area contributed by atoms with Gasteiger partial charge in [-0.1, -0.05) is 48.0 Å². The molecule has 0 spiro atoms. The Morgan fingerprint density at radius 1 is 1.24 bits per heavy atom. The van der Waals surface area contributed by atoms with Gasteiger partial charge in [0, 0.05) is 19.2 Å². The molecule has 1 atom stereocenters. The zero-order chi connectivity index (χ0) is 26.0. The molecule has 4 aliphatic rings. The van der Waals surface area contributed by atoms with Crippen molar-refractivity contribution in [3.05, 3.63) is 82.4 Å². The summed E-state index contributed by atoms with van der Waals surface area (Å²) in [4.78, 5) is 9.19. The Kier molecular flexibility index (Phi) is 5.35. The van der Waals surface area contributed by atoms with Crippen molar-refractivity contribution in [2.24, 2.45) is 4.99 Å². The number of phenolic OH excluding ortho intramolecular Hbond substituents is 1. The molecule has 3 aromatic rings. The van der Waals surface area contributed by atoms with E-state index in [9.17, 15) is 5.11 Å². The van der Waals surface area contributed by atoms with Crippen LogP contribution in [0, 0.1) is 0 Å². The molecule has 0 aliphatic carbocycles. The van der Waals surface area contributed by atoms with Crippen LogP contribution in [0.4, 0.5) is 0 Å². The van der Waals surface area contributed by atoms with Crippen molar-refractivity contribution in [2.45, 2.75) is 24.8 Å². The molecular weight excluding hydrogens is 500 g/mol. The van der Waals surface area contributed by atoms with Gasteiger partial charge < -0.3 is 24.8 Å². The van der Waals surface area contributed by atoms with E-state index in [1.807, 2.05) is 48.5 Å². The van der Waals surface area contributed by atoms with Gasteiger partial charge in [0.05, 0.1) is 27.3 Å². The van der Waals surface area contributed by atoms with Gasteiger partial charge in [-0.3, -0.25) is 9.89 Å². The average Bonchev–Trinajstić information content (AvgIpc) is 3.39. The van der Waals surface area contributed by atoms with Crippen molar-refractivity contribution >= 4 is 28.2 Å². The first-order valence-corrected chi connectivity index (χ1v) is 13.3. The molecule has 2 fully saturated rings. The standard InChI is InChI=1S/C30H29ClN4O3/c1-18-13-30(8-5-9-35(30)14-18)16-37-25-15-34(2)29-26-24(38-25)12-23(27(31)28(26)32-17-33-29)22-11-20(36)10-19-6-3-4-7-21(19)22/h3-4,6-7,10-12,15,33,36H,1,5,8-9,13-14,16-17H2,2H3/t30-/m0/s1. The van der Waals surface area contributed by atoms with Gasteiger partial charge in [0.15, 0.2) is 0 Å². The fraction of sp³-hybridized carbons (Fsp3) is 0.300. The maximum atomic E-state index is 10.5. The maximum absolute atomic E-state index is 10.5. The normalized spacial score (nSPS) is 22.3.